The summed E-state index contributed by atoms with van der Waals surface area (Å²) in [6.45, 7) is 2.09. The number of hydrogen-bond donors (Lipinski definition) is 4. The zero-order valence-corrected chi connectivity index (χ0v) is 16.1. The molecule has 1 heterocycles. The van der Waals surface area contributed by atoms with Gasteiger partial charge < -0.3 is 25.3 Å². The van der Waals surface area contributed by atoms with Crippen LogP contribution in [-0.2, 0) is 11.3 Å². The molecule has 1 amide bonds. The molecule has 0 radical (unpaired) electrons. The monoisotopic (exact) mass is 396 g/mol. The summed E-state index contributed by atoms with van der Waals surface area (Å²) in [5.74, 6) is 0. The molecule has 29 heavy (non-hydrogen) atoms. The Labute approximate surface area is 168 Å². The molecule has 0 bridgehead atoms. The number of amides is 1. The molecule has 0 aliphatic heterocycles. The van der Waals surface area contributed by atoms with Crippen molar-refractivity contribution in [3.05, 3.63) is 81.6 Å². The number of hydrogen-bond acceptors (Lipinski definition) is 5. The molecule has 0 aliphatic rings. The van der Waals surface area contributed by atoms with Gasteiger partial charge in [-0.05, 0) is 36.6 Å². The van der Waals surface area contributed by atoms with Crippen molar-refractivity contribution in [2.45, 2.75) is 32.2 Å². The molecule has 7 heteroatoms. The van der Waals surface area contributed by atoms with E-state index in [0.29, 0.717) is 16.5 Å². The second-order valence-corrected chi connectivity index (χ2v) is 6.91. The maximum absolute atomic E-state index is 12.1. The Morgan fingerprint density at radius 3 is 2.66 bits per heavy atom. The van der Waals surface area contributed by atoms with Gasteiger partial charge >= 0.3 is 6.09 Å². The van der Waals surface area contributed by atoms with Gasteiger partial charge in [0.2, 0.25) is 0 Å². The minimum absolute atomic E-state index is 0.129. The lowest BCUT2D eigenvalue weighted by Crippen LogP contribution is -2.29. The molecule has 0 fully saturated rings. The van der Waals surface area contributed by atoms with Crippen LogP contribution < -0.4 is 10.7 Å². The maximum Gasteiger partial charge on any atom is 0.407 e. The molecule has 0 saturated heterocycles. The van der Waals surface area contributed by atoms with E-state index < -0.39 is 18.3 Å². The number of fused-ring (bicyclic) bond motifs is 1. The van der Waals surface area contributed by atoms with E-state index in [-0.39, 0.29) is 25.0 Å². The number of benzene rings is 2. The molecule has 152 valence electrons. The molecule has 2 atom stereocenters. The molecule has 0 spiro atoms. The van der Waals surface area contributed by atoms with Gasteiger partial charge in [0.1, 0.15) is 12.7 Å². The number of aliphatic hydroxyl groups excluding tert-OH is 2. The fourth-order valence-electron chi connectivity index (χ4n) is 3.06. The standard InChI is InChI=1S/C22H24N2O5/c1-14-11-20(26)17-12-16(7-8-18(17)24-14)21(27)19(25)9-10-23-22(28)29-13-15-5-3-2-4-6-15/h2-8,11-12,19,21,25,27H,9-10,13H2,1H3,(H,23,28)(H,24,26). The number of aromatic amines is 1. The number of alkyl carbamates (subject to hydrolysis) is 1. The molecule has 3 aromatic rings. The second kappa shape index (κ2) is 9.36. The minimum atomic E-state index is -1.18. The lowest BCUT2D eigenvalue weighted by Gasteiger charge is -2.19. The zero-order chi connectivity index (χ0) is 20.8. The summed E-state index contributed by atoms with van der Waals surface area (Å²) >= 11 is 0. The van der Waals surface area contributed by atoms with Crippen LogP contribution in [0.4, 0.5) is 4.79 Å². The van der Waals surface area contributed by atoms with E-state index in [9.17, 15) is 19.8 Å². The van der Waals surface area contributed by atoms with Crippen molar-refractivity contribution in [2.75, 3.05) is 6.54 Å². The van der Waals surface area contributed by atoms with Gasteiger partial charge in [-0.25, -0.2) is 4.79 Å². The summed E-state index contributed by atoms with van der Waals surface area (Å²) in [7, 11) is 0. The van der Waals surface area contributed by atoms with Crippen LogP contribution in [0.5, 0.6) is 0 Å². The van der Waals surface area contributed by atoms with Crippen LogP contribution in [-0.4, -0.2) is 33.9 Å². The number of ether oxygens (including phenoxy) is 1. The van der Waals surface area contributed by atoms with Crippen molar-refractivity contribution in [1.82, 2.24) is 10.3 Å². The van der Waals surface area contributed by atoms with Crippen LogP contribution in [0.3, 0.4) is 0 Å². The third kappa shape index (κ3) is 5.43. The first kappa shape index (κ1) is 20.6. The first-order chi connectivity index (χ1) is 13.9. The number of aryl methyl sites for hydroxylation is 1. The lowest BCUT2D eigenvalue weighted by molar-refractivity contribution is 0.0137. The van der Waals surface area contributed by atoms with Gasteiger partial charge in [-0.15, -0.1) is 0 Å². The normalized spacial score (nSPS) is 13.1. The second-order valence-electron chi connectivity index (χ2n) is 6.91. The lowest BCUT2D eigenvalue weighted by atomic mass is 10.00. The molecule has 2 aromatic carbocycles. The predicted molar refractivity (Wildman–Crippen MR) is 110 cm³/mol. The van der Waals surface area contributed by atoms with Gasteiger partial charge in [-0.3, -0.25) is 4.79 Å². The van der Waals surface area contributed by atoms with Gasteiger partial charge in [0.25, 0.3) is 0 Å². The number of carbonyl (C=O) groups excluding carboxylic acids is 1. The van der Waals surface area contributed by atoms with Crippen LogP contribution in [0.2, 0.25) is 0 Å². The van der Waals surface area contributed by atoms with Crippen molar-refractivity contribution in [3.63, 3.8) is 0 Å². The molecule has 4 N–H and O–H groups in total. The van der Waals surface area contributed by atoms with Gasteiger partial charge in [0.15, 0.2) is 5.43 Å². The Hall–Kier alpha value is -3.16. The Bertz CT molecular complexity index is 1030. The van der Waals surface area contributed by atoms with Crippen LogP contribution >= 0.6 is 0 Å². The third-order valence-electron chi connectivity index (χ3n) is 4.62. The van der Waals surface area contributed by atoms with E-state index in [1.54, 1.807) is 25.1 Å². The van der Waals surface area contributed by atoms with Gasteiger partial charge in [-0.1, -0.05) is 36.4 Å². The molecule has 2 unspecified atom stereocenters. The van der Waals surface area contributed by atoms with Crippen molar-refractivity contribution >= 4 is 17.0 Å². The number of aliphatic hydroxyl groups is 2. The van der Waals surface area contributed by atoms with Crippen LogP contribution in [0.25, 0.3) is 10.9 Å². The van der Waals surface area contributed by atoms with Gasteiger partial charge in [-0.2, -0.15) is 0 Å². The summed E-state index contributed by atoms with van der Waals surface area (Å²) in [6.07, 6.45) is -2.75. The van der Waals surface area contributed by atoms with Crippen molar-refractivity contribution in [2.24, 2.45) is 0 Å². The van der Waals surface area contributed by atoms with E-state index in [2.05, 4.69) is 10.3 Å². The number of carbonyl (C=O) groups is 1. The SMILES string of the molecule is Cc1cc(=O)c2cc(C(O)C(O)CCNC(=O)OCc3ccccc3)ccc2[nH]1. The summed E-state index contributed by atoms with van der Waals surface area (Å²) < 4.78 is 5.09. The summed E-state index contributed by atoms with van der Waals surface area (Å²) in [5.41, 5.74) is 2.58. The van der Waals surface area contributed by atoms with E-state index in [1.807, 2.05) is 30.3 Å². The van der Waals surface area contributed by atoms with E-state index in [4.69, 9.17) is 4.74 Å². The van der Waals surface area contributed by atoms with Crippen LogP contribution in [0, 0.1) is 6.92 Å². The Kier molecular flexibility index (Phi) is 6.64. The Balaban J connectivity index is 1.51. The average Bonchev–Trinajstić information content (AvgIpc) is 2.72. The predicted octanol–water partition coefficient (Wildman–Crippen LogP) is 2.55. The first-order valence-corrected chi connectivity index (χ1v) is 9.38. The fourth-order valence-corrected chi connectivity index (χ4v) is 3.06. The quantitative estimate of drug-likeness (QED) is 0.490. The highest BCUT2D eigenvalue weighted by molar-refractivity contribution is 5.79. The van der Waals surface area contributed by atoms with E-state index in [0.717, 1.165) is 11.3 Å². The van der Waals surface area contributed by atoms with Crippen molar-refractivity contribution in [3.8, 4) is 0 Å². The van der Waals surface area contributed by atoms with Crippen molar-refractivity contribution in [1.29, 1.82) is 0 Å². The van der Waals surface area contributed by atoms with Crippen molar-refractivity contribution < 1.29 is 19.7 Å². The molecular formula is C22H24N2O5. The number of rotatable bonds is 7. The molecule has 0 aliphatic carbocycles. The number of aromatic nitrogens is 1. The minimum Gasteiger partial charge on any atom is -0.445 e. The topological polar surface area (TPSA) is 112 Å². The summed E-state index contributed by atoms with van der Waals surface area (Å²) in [6, 6.07) is 15.7. The first-order valence-electron chi connectivity index (χ1n) is 9.38. The molecule has 3 rings (SSSR count). The van der Waals surface area contributed by atoms with Crippen LogP contribution in [0.1, 0.15) is 29.3 Å². The molecule has 7 nitrogen and oxygen atoms in total. The smallest absolute Gasteiger partial charge is 0.407 e. The number of H-pyrrole nitrogens is 1. The number of nitrogens with one attached hydrogen (secondary N) is 2. The zero-order valence-electron chi connectivity index (χ0n) is 16.1. The summed E-state index contributed by atoms with van der Waals surface area (Å²) in [4.78, 5) is 27.0. The Morgan fingerprint density at radius 1 is 1.14 bits per heavy atom. The molecule has 0 saturated carbocycles. The maximum atomic E-state index is 12.1. The number of pyridine rings is 1. The van der Waals surface area contributed by atoms with Gasteiger partial charge in [0, 0.05) is 29.2 Å². The Morgan fingerprint density at radius 2 is 1.90 bits per heavy atom. The summed E-state index contributed by atoms with van der Waals surface area (Å²) in [5, 5.41) is 23.6. The van der Waals surface area contributed by atoms with E-state index in [1.165, 1.54) is 6.07 Å². The molecule has 1 aromatic heterocycles. The fraction of sp³-hybridized carbons (Fsp3) is 0.273. The average molecular weight is 396 g/mol. The highest BCUT2D eigenvalue weighted by Gasteiger charge is 2.19. The molecular weight excluding hydrogens is 372 g/mol. The largest absolute Gasteiger partial charge is 0.445 e. The van der Waals surface area contributed by atoms with Crippen LogP contribution in [0.15, 0.2) is 59.4 Å². The third-order valence-corrected chi connectivity index (χ3v) is 4.62. The highest BCUT2D eigenvalue weighted by atomic mass is 16.5. The highest BCUT2D eigenvalue weighted by Crippen LogP contribution is 2.21. The van der Waals surface area contributed by atoms with E-state index >= 15 is 0 Å². The van der Waals surface area contributed by atoms with Gasteiger partial charge in [0.05, 0.1) is 6.10 Å².